The summed E-state index contributed by atoms with van der Waals surface area (Å²) in [5.41, 5.74) is 1.36. The number of carbonyl (C=O) groups is 1. The molecule has 0 unspecified atom stereocenters. The minimum absolute atomic E-state index is 0.155. The summed E-state index contributed by atoms with van der Waals surface area (Å²) < 4.78 is 0. The molecule has 2 heterocycles. The average Bonchev–Trinajstić information content (AvgIpc) is 3.13. The number of aryl methyl sites for hydroxylation is 3. The fourth-order valence-electron chi connectivity index (χ4n) is 4.07. The molecule has 3 rings (SSSR count). The fraction of sp³-hybridized carbons (Fsp3) is 0.762. The molecule has 2 N–H and O–H groups in total. The number of amides is 1. The van der Waals surface area contributed by atoms with E-state index in [1.54, 1.807) is 7.05 Å². The summed E-state index contributed by atoms with van der Waals surface area (Å²) in [5.74, 6) is 1.68. The van der Waals surface area contributed by atoms with Gasteiger partial charge in [0.25, 0.3) is 0 Å². The zero-order chi connectivity index (χ0) is 19.8. The Bertz CT molecular complexity index is 640. The summed E-state index contributed by atoms with van der Waals surface area (Å²) in [6.07, 6.45) is 9.87. The largest absolute Gasteiger partial charge is 0.359 e. The predicted octanol–water partition coefficient (Wildman–Crippen LogP) is 2.77. The number of guanidine groups is 1. The van der Waals surface area contributed by atoms with Gasteiger partial charge in [0.2, 0.25) is 5.91 Å². The molecule has 6 nitrogen and oxygen atoms in total. The summed E-state index contributed by atoms with van der Waals surface area (Å²) in [7, 11) is 1.72. The number of carbonyl (C=O) groups excluding carboxylic acids is 1. The van der Waals surface area contributed by atoms with Crippen molar-refractivity contribution in [3.63, 3.8) is 0 Å². The number of hydrogen-bond donors (Lipinski definition) is 2. The molecule has 0 radical (unpaired) electrons. The Kier molecular flexibility index (Phi) is 8.13. The highest BCUT2D eigenvalue weighted by atomic mass is 32.1. The molecule has 1 fully saturated rings. The van der Waals surface area contributed by atoms with Crippen molar-refractivity contribution in [2.24, 2.45) is 10.9 Å². The maximum absolute atomic E-state index is 11.6. The third kappa shape index (κ3) is 5.93. The highest BCUT2D eigenvalue weighted by Crippen LogP contribution is 2.27. The molecule has 28 heavy (non-hydrogen) atoms. The van der Waals surface area contributed by atoms with E-state index in [4.69, 9.17) is 9.98 Å². The molecule has 0 spiro atoms. The topological polar surface area (TPSA) is 69.6 Å². The Balaban J connectivity index is 1.45. The van der Waals surface area contributed by atoms with Gasteiger partial charge in [-0.1, -0.05) is 0 Å². The molecule has 1 aromatic rings. The molecule has 1 aliphatic heterocycles. The number of nitrogens with one attached hydrogen (secondary N) is 2. The van der Waals surface area contributed by atoms with E-state index in [1.165, 1.54) is 41.3 Å². The van der Waals surface area contributed by atoms with E-state index in [-0.39, 0.29) is 5.91 Å². The first-order valence-corrected chi connectivity index (χ1v) is 11.7. The SMILES string of the molecule is CCNC(=NCCCc1nc2c(s1)CCCC2)N1CCC(CC(=O)NC)CC1. The van der Waals surface area contributed by atoms with Crippen molar-refractivity contribution in [2.75, 3.05) is 33.2 Å². The second-order valence-electron chi connectivity index (χ2n) is 7.83. The van der Waals surface area contributed by atoms with E-state index in [0.29, 0.717) is 12.3 Å². The van der Waals surface area contributed by atoms with E-state index in [9.17, 15) is 4.79 Å². The third-order valence-corrected chi connectivity index (χ3v) is 6.92. The number of fused-ring (bicyclic) bond motifs is 1. The van der Waals surface area contributed by atoms with Crippen LogP contribution in [0.4, 0.5) is 0 Å². The monoisotopic (exact) mass is 405 g/mol. The summed E-state index contributed by atoms with van der Waals surface area (Å²) in [6.45, 7) is 5.80. The highest BCUT2D eigenvalue weighted by molar-refractivity contribution is 7.11. The van der Waals surface area contributed by atoms with Crippen molar-refractivity contribution < 1.29 is 4.79 Å². The standard InChI is InChI=1S/C21H35N5OS/c1-3-23-21(26-13-10-16(11-14-26)15-19(27)22-2)24-12-6-9-20-25-17-7-4-5-8-18(17)28-20/h16H,3-15H2,1-2H3,(H,22,27)(H,23,24). The third-order valence-electron chi connectivity index (χ3n) is 5.70. The summed E-state index contributed by atoms with van der Waals surface area (Å²) in [4.78, 5) is 25.2. The van der Waals surface area contributed by atoms with Crippen LogP contribution in [0.25, 0.3) is 0 Å². The Morgan fingerprint density at radius 1 is 1.29 bits per heavy atom. The zero-order valence-electron chi connectivity index (χ0n) is 17.4. The summed E-state index contributed by atoms with van der Waals surface area (Å²) in [5, 5.41) is 7.47. The van der Waals surface area contributed by atoms with Crippen molar-refractivity contribution >= 4 is 23.2 Å². The van der Waals surface area contributed by atoms with Crippen molar-refractivity contribution in [2.45, 2.75) is 64.7 Å². The Morgan fingerprint density at radius 2 is 2.07 bits per heavy atom. The number of likely N-dealkylation sites (tertiary alicyclic amines) is 1. The Labute approximate surface area is 173 Å². The van der Waals surface area contributed by atoms with E-state index in [2.05, 4.69) is 22.5 Å². The number of aromatic nitrogens is 1. The van der Waals surface area contributed by atoms with Crippen LogP contribution in [-0.4, -0.2) is 55.0 Å². The van der Waals surface area contributed by atoms with E-state index >= 15 is 0 Å². The van der Waals surface area contributed by atoms with Crippen LogP contribution in [0.2, 0.25) is 0 Å². The normalized spacial score (nSPS) is 18.1. The van der Waals surface area contributed by atoms with Gasteiger partial charge in [0, 0.05) is 50.9 Å². The molecule has 0 atom stereocenters. The molecule has 0 aromatic carbocycles. The molecule has 156 valence electrons. The number of nitrogens with zero attached hydrogens (tertiary/aromatic N) is 3. The van der Waals surface area contributed by atoms with Crippen LogP contribution in [0.1, 0.15) is 61.0 Å². The molecule has 0 bridgehead atoms. The van der Waals surface area contributed by atoms with Gasteiger partial charge in [-0.3, -0.25) is 9.79 Å². The smallest absolute Gasteiger partial charge is 0.220 e. The maximum atomic E-state index is 11.6. The van der Waals surface area contributed by atoms with Crippen LogP contribution in [0.5, 0.6) is 0 Å². The molecular weight excluding hydrogens is 370 g/mol. The first kappa shape index (κ1) is 21.1. The molecule has 1 aliphatic carbocycles. The first-order valence-electron chi connectivity index (χ1n) is 10.9. The molecule has 0 saturated carbocycles. The number of piperidine rings is 1. The minimum Gasteiger partial charge on any atom is -0.359 e. The number of aliphatic imine (C=N–C) groups is 1. The first-order chi connectivity index (χ1) is 13.7. The minimum atomic E-state index is 0.155. The zero-order valence-corrected chi connectivity index (χ0v) is 18.2. The van der Waals surface area contributed by atoms with Gasteiger partial charge in [-0.05, 0) is 57.8 Å². The lowest BCUT2D eigenvalue weighted by molar-refractivity contribution is -0.121. The molecule has 1 amide bonds. The van der Waals surface area contributed by atoms with Crippen LogP contribution in [0.3, 0.4) is 0 Å². The lowest BCUT2D eigenvalue weighted by Gasteiger charge is -2.34. The van der Waals surface area contributed by atoms with Gasteiger partial charge in [-0.2, -0.15) is 0 Å². The fourth-order valence-corrected chi connectivity index (χ4v) is 5.27. The summed E-state index contributed by atoms with van der Waals surface area (Å²) in [6, 6.07) is 0. The maximum Gasteiger partial charge on any atom is 0.220 e. The second-order valence-corrected chi connectivity index (χ2v) is 9.00. The van der Waals surface area contributed by atoms with Crippen molar-refractivity contribution in [3.05, 3.63) is 15.6 Å². The van der Waals surface area contributed by atoms with Crippen LogP contribution in [0.15, 0.2) is 4.99 Å². The average molecular weight is 406 g/mol. The van der Waals surface area contributed by atoms with Gasteiger partial charge < -0.3 is 15.5 Å². The Hall–Kier alpha value is -1.63. The van der Waals surface area contributed by atoms with Gasteiger partial charge >= 0.3 is 0 Å². The van der Waals surface area contributed by atoms with Crippen molar-refractivity contribution in [1.82, 2.24) is 20.5 Å². The van der Waals surface area contributed by atoms with Gasteiger partial charge in [-0.15, -0.1) is 11.3 Å². The molecule has 7 heteroatoms. The molecule has 1 aromatic heterocycles. The highest BCUT2D eigenvalue weighted by Gasteiger charge is 2.23. The van der Waals surface area contributed by atoms with Crippen molar-refractivity contribution in [1.29, 1.82) is 0 Å². The molecule has 1 saturated heterocycles. The van der Waals surface area contributed by atoms with E-state index in [0.717, 1.165) is 57.8 Å². The van der Waals surface area contributed by atoms with E-state index in [1.807, 2.05) is 11.3 Å². The second kappa shape index (κ2) is 10.8. The van der Waals surface area contributed by atoms with Gasteiger partial charge in [-0.25, -0.2) is 4.98 Å². The van der Waals surface area contributed by atoms with Crippen molar-refractivity contribution in [3.8, 4) is 0 Å². The van der Waals surface area contributed by atoms with Crippen LogP contribution in [-0.2, 0) is 24.1 Å². The number of rotatable bonds is 7. The lowest BCUT2D eigenvalue weighted by atomic mass is 9.93. The quantitative estimate of drug-likeness (QED) is 0.416. The van der Waals surface area contributed by atoms with Gasteiger partial charge in [0.15, 0.2) is 5.96 Å². The summed E-state index contributed by atoms with van der Waals surface area (Å²) >= 11 is 1.92. The Morgan fingerprint density at radius 3 is 2.79 bits per heavy atom. The van der Waals surface area contributed by atoms with Crippen LogP contribution < -0.4 is 10.6 Å². The predicted molar refractivity (Wildman–Crippen MR) is 116 cm³/mol. The number of hydrogen-bond acceptors (Lipinski definition) is 4. The van der Waals surface area contributed by atoms with Gasteiger partial charge in [0.05, 0.1) is 10.7 Å². The van der Waals surface area contributed by atoms with E-state index < -0.39 is 0 Å². The molecule has 2 aliphatic rings. The van der Waals surface area contributed by atoms with Crippen LogP contribution in [0, 0.1) is 5.92 Å². The number of thiazole rings is 1. The molecular formula is C21H35N5OS. The lowest BCUT2D eigenvalue weighted by Crippen LogP contribution is -2.46. The van der Waals surface area contributed by atoms with Crippen LogP contribution >= 0.6 is 11.3 Å². The van der Waals surface area contributed by atoms with Gasteiger partial charge in [0.1, 0.15) is 0 Å².